The summed E-state index contributed by atoms with van der Waals surface area (Å²) in [6.45, 7) is 4.28. The molecule has 0 bridgehead atoms. The van der Waals surface area contributed by atoms with Gasteiger partial charge < -0.3 is 5.73 Å². The van der Waals surface area contributed by atoms with Crippen LogP contribution in [0.4, 0.5) is 0 Å². The van der Waals surface area contributed by atoms with Crippen molar-refractivity contribution in [3.05, 3.63) is 31.8 Å². The summed E-state index contributed by atoms with van der Waals surface area (Å²) in [5.41, 5.74) is 7.31. The molecule has 1 aromatic rings. The Morgan fingerprint density at radius 1 is 1.38 bits per heavy atom. The van der Waals surface area contributed by atoms with Crippen LogP contribution in [0.25, 0.3) is 0 Å². The van der Waals surface area contributed by atoms with Gasteiger partial charge in [0.25, 0.3) is 0 Å². The molecule has 72 valence electrons. The van der Waals surface area contributed by atoms with Gasteiger partial charge in [-0.15, -0.1) is 0 Å². The highest BCUT2D eigenvalue weighted by Crippen LogP contribution is 2.26. The summed E-state index contributed by atoms with van der Waals surface area (Å²) in [7, 11) is 0. The third kappa shape index (κ3) is 2.92. The Labute approximate surface area is 101 Å². The molecule has 0 fully saturated rings. The lowest BCUT2D eigenvalue weighted by Crippen LogP contribution is -2.17. The molecule has 0 unspecified atom stereocenters. The lowest BCUT2D eigenvalue weighted by Gasteiger charge is -2.17. The van der Waals surface area contributed by atoms with Gasteiger partial charge in [-0.2, -0.15) is 0 Å². The average molecular weight is 354 g/mol. The molecule has 13 heavy (non-hydrogen) atoms. The van der Waals surface area contributed by atoms with Crippen molar-refractivity contribution in [2.24, 2.45) is 11.7 Å². The molecule has 2 N–H and O–H groups in total. The van der Waals surface area contributed by atoms with E-state index in [9.17, 15) is 0 Å². The predicted octanol–water partition coefficient (Wildman–Crippen LogP) is 3.71. The third-order valence-electron chi connectivity index (χ3n) is 2.04. The highest BCUT2D eigenvalue weighted by atomic mass is 127. The fourth-order valence-corrected chi connectivity index (χ4v) is 2.20. The van der Waals surface area contributed by atoms with Gasteiger partial charge in [-0.05, 0) is 52.3 Å². The molecule has 0 aliphatic heterocycles. The first kappa shape index (κ1) is 11.5. The van der Waals surface area contributed by atoms with Gasteiger partial charge in [0.05, 0.1) is 0 Å². The third-order valence-corrected chi connectivity index (χ3v) is 3.51. The Bertz CT molecular complexity index is 299. The van der Waals surface area contributed by atoms with Gasteiger partial charge in [0.15, 0.2) is 0 Å². The van der Waals surface area contributed by atoms with Crippen LogP contribution in [-0.2, 0) is 0 Å². The van der Waals surface area contributed by atoms with E-state index >= 15 is 0 Å². The fraction of sp³-hybridized carbons (Fsp3) is 0.400. The zero-order chi connectivity index (χ0) is 10.0. The van der Waals surface area contributed by atoms with E-state index in [1.54, 1.807) is 0 Å². The second kappa shape index (κ2) is 4.75. The van der Waals surface area contributed by atoms with Crippen molar-refractivity contribution in [2.45, 2.75) is 19.9 Å². The van der Waals surface area contributed by atoms with Crippen LogP contribution in [-0.4, -0.2) is 0 Å². The lowest BCUT2D eigenvalue weighted by atomic mass is 9.97. The van der Waals surface area contributed by atoms with Gasteiger partial charge in [0, 0.05) is 14.1 Å². The number of hydrogen-bond donors (Lipinski definition) is 1. The molecular formula is C10H13BrIN. The van der Waals surface area contributed by atoms with Crippen LogP contribution in [0, 0.1) is 9.49 Å². The molecule has 1 nitrogen and oxygen atoms in total. The minimum Gasteiger partial charge on any atom is -0.324 e. The Morgan fingerprint density at radius 2 is 2.00 bits per heavy atom. The van der Waals surface area contributed by atoms with Crippen LogP contribution in [0.15, 0.2) is 22.7 Å². The highest BCUT2D eigenvalue weighted by Gasteiger charge is 2.13. The minimum absolute atomic E-state index is 0.129. The van der Waals surface area contributed by atoms with Crippen molar-refractivity contribution < 1.29 is 0 Å². The summed E-state index contributed by atoms with van der Waals surface area (Å²) >= 11 is 5.78. The Hall–Kier alpha value is 0.390. The first-order chi connectivity index (χ1) is 6.02. The molecule has 1 atom stereocenters. The molecule has 1 rings (SSSR count). The maximum absolute atomic E-state index is 6.08. The maximum Gasteiger partial charge on any atom is 0.0329 e. The van der Waals surface area contributed by atoms with Gasteiger partial charge in [-0.3, -0.25) is 0 Å². The monoisotopic (exact) mass is 353 g/mol. The van der Waals surface area contributed by atoms with E-state index in [0.717, 1.165) is 4.47 Å². The second-order valence-electron chi connectivity index (χ2n) is 3.44. The molecule has 0 aromatic heterocycles. The summed E-state index contributed by atoms with van der Waals surface area (Å²) in [5, 5.41) is 0. The van der Waals surface area contributed by atoms with Crippen LogP contribution in [0.3, 0.4) is 0 Å². The van der Waals surface area contributed by atoms with E-state index in [1.165, 1.54) is 9.13 Å². The molecule has 3 heteroatoms. The van der Waals surface area contributed by atoms with Crippen molar-refractivity contribution in [1.82, 2.24) is 0 Å². The Morgan fingerprint density at radius 3 is 2.54 bits per heavy atom. The number of halogens is 2. The zero-order valence-electron chi connectivity index (χ0n) is 7.72. The van der Waals surface area contributed by atoms with Crippen molar-refractivity contribution in [3.8, 4) is 0 Å². The molecule has 0 saturated carbocycles. The Balaban J connectivity index is 3.05. The first-order valence-electron chi connectivity index (χ1n) is 4.23. The van der Waals surface area contributed by atoms with E-state index in [2.05, 4.69) is 64.5 Å². The molecule has 0 saturated heterocycles. The lowest BCUT2D eigenvalue weighted by molar-refractivity contribution is 0.512. The topological polar surface area (TPSA) is 26.0 Å². The summed E-state index contributed by atoms with van der Waals surface area (Å²) in [6.07, 6.45) is 0. The number of benzene rings is 1. The number of hydrogen-bond acceptors (Lipinski definition) is 1. The minimum atomic E-state index is 0.129. The van der Waals surface area contributed by atoms with E-state index in [0.29, 0.717) is 5.92 Å². The van der Waals surface area contributed by atoms with E-state index in [-0.39, 0.29) is 6.04 Å². The molecule has 0 heterocycles. The van der Waals surface area contributed by atoms with Crippen molar-refractivity contribution in [1.29, 1.82) is 0 Å². The molecule has 0 spiro atoms. The van der Waals surface area contributed by atoms with E-state index in [1.807, 2.05) is 6.07 Å². The number of rotatable bonds is 2. The second-order valence-corrected chi connectivity index (χ2v) is 5.51. The molecule has 0 aliphatic carbocycles. The van der Waals surface area contributed by atoms with Crippen LogP contribution in [0.5, 0.6) is 0 Å². The van der Waals surface area contributed by atoms with Crippen LogP contribution in [0.1, 0.15) is 25.5 Å². The summed E-state index contributed by atoms with van der Waals surface area (Å²) in [5.74, 6) is 0.475. The molecular weight excluding hydrogens is 341 g/mol. The quantitative estimate of drug-likeness (QED) is 0.806. The van der Waals surface area contributed by atoms with Gasteiger partial charge in [-0.25, -0.2) is 0 Å². The molecule has 0 radical (unpaired) electrons. The van der Waals surface area contributed by atoms with E-state index < -0.39 is 0 Å². The van der Waals surface area contributed by atoms with Gasteiger partial charge >= 0.3 is 0 Å². The van der Waals surface area contributed by atoms with E-state index in [4.69, 9.17) is 5.73 Å². The van der Waals surface area contributed by atoms with Gasteiger partial charge in [0.1, 0.15) is 0 Å². The standard InChI is InChI=1S/C10H13BrIN/c1-6(2)10(13)8-5-7(11)3-4-9(8)12/h3-6,10H,13H2,1-2H3/t10-/m1/s1. The normalized spacial score (nSPS) is 13.4. The SMILES string of the molecule is CC(C)[C@@H](N)c1cc(Br)ccc1I. The van der Waals surface area contributed by atoms with Crippen molar-refractivity contribution in [3.63, 3.8) is 0 Å². The van der Waals surface area contributed by atoms with Gasteiger partial charge in [-0.1, -0.05) is 29.8 Å². The summed E-state index contributed by atoms with van der Waals surface area (Å²) in [6, 6.07) is 6.36. The molecule has 0 amide bonds. The van der Waals surface area contributed by atoms with Crippen molar-refractivity contribution in [2.75, 3.05) is 0 Å². The summed E-state index contributed by atoms with van der Waals surface area (Å²) in [4.78, 5) is 0. The Kier molecular flexibility index (Phi) is 4.19. The fourth-order valence-electron chi connectivity index (χ4n) is 1.13. The average Bonchev–Trinajstić information content (AvgIpc) is 2.08. The first-order valence-corrected chi connectivity index (χ1v) is 6.10. The smallest absolute Gasteiger partial charge is 0.0329 e. The van der Waals surface area contributed by atoms with Crippen molar-refractivity contribution >= 4 is 38.5 Å². The summed E-state index contributed by atoms with van der Waals surface area (Å²) < 4.78 is 2.33. The highest BCUT2D eigenvalue weighted by molar-refractivity contribution is 14.1. The van der Waals surface area contributed by atoms with Crippen LogP contribution >= 0.6 is 38.5 Å². The maximum atomic E-state index is 6.08. The predicted molar refractivity (Wildman–Crippen MR) is 68.6 cm³/mol. The number of nitrogens with two attached hydrogens (primary N) is 1. The molecule has 0 aliphatic rings. The largest absolute Gasteiger partial charge is 0.324 e. The van der Waals surface area contributed by atoms with Gasteiger partial charge in [0.2, 0.25) is 0 Å². The molecule has 1 aromatic carbocycles. The zero-order valence-corrected chi connectivity index (χ0v) is 11.5. The van der Waals surface area contributed by atoms with Crippen LogP contribution < -0.4 is 5.73 Å². The van der Waals surface area contributed by atoms with Crippen LogP contribution in [0.2, 0.25) is 0 Å².